The minimum absolute atomic E-state index is 0.0354. The zero-order chi connectivity index (χ0) is 28.4. The van der Waals surface area contributed by atoms with Crippen molar-refractivity contribution in [3.05, 3.63) is 12.7 Å². The Labute approximate surface area is 176 Å². The number of hydrogen-bond donors (Lipinski definition) is 3. The molecule has 0 aliphatic carbocycles. The topological polar surface area (TPSA) is 69.6 Å². The van der Waals surface area contributed by atoms with Crippen LogP contribution in [0.1, 0.15) is 0 Å². The minimum Gasteiger partial charge on any atom is -0.478 e. The van der Waals surface area contributed by atoms with Crippen molar-refractivity contribution in [1.29, 1.82) is 0 Å². The van der Waals surface area contributed by atoms with Gasteiger partial charge < -0.3 is 10.2 Å². The Hall–Kier alpha value is -2.06. The van der Waals surface area contributed by atoms with E-state index in [0.717, 1.165) is 6.08 Å². The number of hydrogen-bond acceptors (Lipinski definition) is 3. The first-order chi connectivity index (χ1) is 14.6. The SMILES string of the molecule is C=CC(=O)O.OCCNC(F)(F)C(F)(F)C(F)(F)C(F)(F)C(F)(F)C(F)(F)C(F)(F)C(F)(F)F. The van der Waals surface area contributed by atoms with Crippen LogP contribution in [-0.4, -0.2) is 77.1 Å². The molecule has 0 aliphatic rings. The number of carbonyl (C=O) groups is 1. The Bertz CT molecular complexity index is 716. The Morgan fingerprint density at radius 1 is 0.647 bits per heavy atom. The predicted molar refractivity (Wildman–Crippen MR) is 73.6 cm³/mol. The molecule has 0 unspecified atom stereocenters. The lowest BCUT2D eigenvalue weighted by Crippen LogP contribution is -2.75. The van der Waals surface area contributed by atoms with Gasteiger partial charge in [0.15, 0.2) is 0 Å². The highest BCUT2D eigenvalue weighted by atomic mass is 19.4. The summed E-state index contributed by atoms with van der Waals surface area (Å²) in [6.45, 7) is -0.398. The van der Waals surface area contributed by atoms with E-state index in [4.69, 9.17) is 10.2 Å². The van der Waals surface area contributed by atoms with Crippen LogP contribution in [0, 0.1) is 0 Å². The van der Waals surface area contributed by atoms with Gasteiger partial charge in [0.05, 0.1) is 6.61 Å². The molecule has 0 aromatic rings. The Balaban J connectivity index is 0. The highest BCUT2D eigenvalue weighted by Crippen LogP contribution is 2.63. The summed E-state index contributed by atoms with van der Waals surface area (Å²) in [6.07, 6.45) is -6.94. The van der Waals surface area contributed by atoms with Crippen molar-refractivity contribution in [3.8, 4) is 0 Å². The van der Waals surface area contributed by atoms with Crippen LogP contribution in [0.4, 0.5) is 74.6 Å². The van der Waals surface area contributed by atoms with Crippen LogP contribution in [0.2, 0.25) is 0 Å². The molecule has 0 bridgehead atoms. The molecular formula is C13H10F17NO3. The fourth-order valence-corrected chi connectivity index (χ4v) is 1.49. The number of alkyl halides is 17. The van der Waals surface area contributed by atoms with Crippen LogP contribution in [0.15, 0.2) is 12.7 Å². The van der Waals surface area contributed by atoms with E-state index in [2.05, 4.69) is 6.58 Å². The maximum atomic E-state index is 13.2. The van der Waals surface area contributed by atoms with Gasteiger partial charge in [0.25, 0.3) is 0 Å². The monoisotopic (exact) mass is 551 g/mol. The van der Waals surface area contributed by atoms with E-state index in [9.17, 15) is 79.4 Å². The van der Waals surface area contributed by atoms with Crippen molar-refractivity contribution >= 4 is 5.97 Å². The van der Waals surface area contributed by atoms with Crippen LogP contribution >= 0.6 is 0 Å². The fraction of sp³-hybridized carbons (Fsp3) is 0.769. The molecule has 0 aromatic carbocycles. The average Bonchev–Trinajstić information content (AvgIpc) is 2.64. The molecule has 0 spiro atoms. The van der Waals surface area contributed by atoms with Crippen molar-refractivity contribution in [1.82, 2.24) is 5.32 Å². The Kier molecular flexibility index (Phi) is 9.93. The molecule has 0 rings (SSSR count). The summed E-state index contributed by atoms with van der Waals surface area (Å²) in [5.41, 5.74) is 0. The lowest BCUT2D eigenvalue weighted by molar-refractivity contribution is -0.462. The first-order valence-corrected chi connectivity index (χ1v) is 7.51. The molecule has 0 saturated heterocycles. The molecule has 0 heterocycles. The average molecular weight is 551 g/mol. The Morgan fingerprint density at radius 3 is 1.15 bits per heavy atom. The zero-order valence-electron chi connectivity index (χ0n) is 15.4. The van der Waals surface area contributed by atoms with Gasteiger partial charge in [-0.15, -0.1) is 0 Å². The quantitative estimate of drug-likeness (QED) is 0.208. The molecule has 0 saturated carbocycles. The second-order valence-corrected chi connectivity index (χ2v) is 5.71. The third-order valence-electron chi connectivity index (χ3n) is 3.36. The van der Waals surface area contributed by atoms with Gasteiger partial charge in [0.2, 0.25) is 0 Å². The standard InChI is InChI=1S/C10H6F17NO.C3H4O2/c11-3(12,5(15,16)7(19,20)9(23,24)25)4(13,14)6(17,18)8(21,22)10(26,27)28-1-2-29;1-2-3(4)5/h28-29H,1-2H2;2H,1H2,(H,4,5). The van der Waals surface area contributed by atoms with Gasteiger partial charge in [-0.3, -0.25) is 5.32 Å². The molecular weight excluding hydrogens is 541 g/mol. The summed E-state index contributed by atoms with van der Waals surface area (Å²) < 4.78 is 217. The summed E-state index contributed by atoms with van der Waals surface area (Å²) >= 11 is 0. The van der Waals surface area contributed by atoms with E-state index in [0.29, 0.717) is 0 Å². The molecule has 0 amide bonds. The van der Waals surface area contributed by atoms with Gasteiger partial charge >= 0.3 is 53.7 Å². The predicted octanol–water partition coefficient (Wildman–Crippen LogP) is 4.79. The number of halogens is 17. The van der Waals surface area contributed by atoms with Gasteiger partial charge in [-0.2, -0.15) is 74.6 Å². The van der Waals surface area contributed by atoms with E-state index >= 15 is 0 Å². The molecule has 0 atom stereocenters. The van der Waals surface area contributed by atoms with Gasteiger partial charge in [-0.25, -0.2) is 4.79 Å². The maximum Gasteiger partial charge on any atom is 0.460 e. The van der Waals surface area contributed by atoms with Crippen molar-refractivity contribution in [2.45, 2.75) is 47.8 Å². The summed E-state index contributed by atoms with van der Waals surface area (Å²) in [5, 5.41) is 15.6. The van der Waals surface area contributed by atoms with Crippen LogP contribution in [0.25, 0.3) is 0 Å². The smallest absolute Gasteiger partial charge is 0.460 e. The maximum absolute atomic E-state index is 13.2. The van der Waals surface area contributed by atoms with Crippen molar-refractivity contribution in [2.75, 3.05) is 13.2 Å². The molecule has 34 heavy (non-hydrogen) atoms. The van der Waals surface area contributed by atoms with Crippen molar-refractivity contribution < 1.29 is 89.6 Å². The lowest BCUT2D eigenvalue weighted by atomic mass is 9.90. The molecule has 21 heteroatoms. The largest absolute Gasteiger partial charge is 0.478 e. The van der Waals surface area contributed by atoms with Crippen LogP contribution in [-0.2, 0) is 4.79 Å². The lowest BCUT2D eigenvalue weighted by Gasteiger charge is -2.42. The summed E-state index contributed by atoms with van der Waals surface area (Å²) in [5.74, 6) is -51.0. The number of nitrogens with one attached hydrogen (secondary N) is 1. The van der Waals surface area contributed by atoms with Crippen LogP contribution < -0.4 is 5.32 Å². The van der Waals surface area contributed by atoms with Crippen molar-refractivity contribution in [2.24, 2.45) is 0 Å². The summed E-state index contributed by atoms with van der Waals surface area (Å²) in [4.78, 5) is 9.25. The highest BCUT2D eigenvalue weighted by molar-refractivity contribution is 5.78. The minimum atomic E-state index is -8.64. The second kappa shape index (κ2) is 9.90. The van der Waals surface area contributed by atoms with Crippen molar-refractivity contribution in [3.63, 3.8) is 0 Å². The van der Waals surface area contributed by atoms with Gasteiger partial charge in [-0.05, 0) is 0 Å². The third-order valence-corrected chi connectivity index (χ3v) is 3.36. The normalized spacial score (nSPS) is 14.9. The van der Waals surface area contributed by atoms with Gasteiger partial charge in [0.1, 0.15) is 0 Å². The van der Waals surface area contributed by atoms with E-state index in [1.165, 1.54) is 0 Å². The van der Waals surface area contributed by atoms with E-state index in [-0.39, 0.29) is 5.32 Å². The van der Waals surface area contributed by atoms with Gasteiger partial charge in [-0.1, -0.05) is 6.58 Å². The number of carboxylic acids is 1. The third kappa shape index (κ3) is 5.43. The van der Waals surface area contributed by atoms with E-state index in [1.54, 1.807) is 0 Å². The van der Waals surface area contributed by atoms with E-state index in [1.807, 2.05) is 0 Å². The molecule has 0 aliphatic heterocycles. The fourth-order valence-electron chi connectivity index (χ4n) is 1.49. The zero-order valence-corrected chi connectivity index (χ0v) is 15.4. The summed E-state index contributed by atoms with van der Waals surface area (Å²) in [7, 11) is 0. The van der Waals surface area contributed by atoms with E-state index < -0.39 is 66.9 Å². The molecule has 4 nitrogen and oxygen atoms in total. The number of carboxylic acid groups (broad SMARTS) is 1. The second-order valence-electron chi connectivity index (χ2n) is 5.71. The first-order valence-electron chi connectivity index (χ1n) is 7.51. The molecule has 0 radical (unpaired) electrons. The number of aliphatic hydroxyl groups excluding tert-OH is 1. The van der Waals surface area contributed by atoms with Gasteiger partial charge in [0, 0.05) is 12.6 Å². The van der Waals surface area contributed by atoms with Crippen LogP contribution in [0.3, 0.4) is 0 Å². The van der Waals surface area contributed by atoms with Crippen LogP contribution in [0.5, 0.6) is 0 Å². The number of aliphatic carboxylic acids is 1. The Morgan fingerprint density at radius 2 is 0.912 bits per heavy atom. The summed E-state index contributed by atoms with van der Waals surface area (Å²) in [6, 6.07) is -6.67. The number of rotatable bonds is 10. The molecule has 204 valence electrons. The highest BCUT2D eigenvalue weighted by Gasteiger charge is 2.95. The first kappa shape index (κ1) is 34.1. The molecule has 0 fully saturated rings. The molecule has 0 aromatic heterocycles. The molecule has 3 N–H and O–H groups in total. The number of aliphatic hydroxyl groups is 1.